The molecule has 0 aliphatic rings. The minimum atomic E-state index is -4.40. The molecule has 2 aromatic carbocycles. The standard InChI is InChI=1S/C21H23F3N2O3S/c1-3-12-25-30(28,29)14-16-4-10-19(11-5-16)26-20(27)13-15(2)17-6-8-18(9-7-17)21(22,23)24/h3-11,15,25H,1,12-14H2,2H3,(H,26,27). The van der Waals surface area contributed by atoms with Crippen LogP contribution in [0.1, 0.15) is 36.0 Å². The van der Waals surface area contributed by atoms with E-state index in [2.05, 4.69) is 16.6 Å². The Labute approximate surface area is 174 Å². The number of nitrogens with one attached hydrogen (secondary N) is 2. The molecule has 9 heteroatoms. The second-order valence-electron chi connectivity index (χ2n) is 6.87. The number of halogens is 3. The normalized spacial score (nSPS) is 12.9. The van der Waals surface area contributed by atoms with Crippen molar-refractivity contribution in [2.45, 2.75) is 31.2 Å². The number of benzene rings is 2. The fourth-order valence-electron chi connectivity index (χ4n) is 2.75. The molecule has 2 aromatic rings. The van der Waals surface area contributed by atoms with E-state index in [1.807, 2.05) is 0 Å². The molecule has 5 nitrogen and oxygen atoms in total. The van der Waals surface area contributed by atoms with E-state index in [1.54, 1.807) is 31.2 Å². The van der Waals surface area contributed by atoms with Crippen LogP contribution in [0.2, 0.25) is 0 Å². The van der Waals surface area contributed by atoms with Gasteiger partial charge in [-0.25, -0.2) is 13.1 Å². The average molecular weight is 440 g/mol. The highest BCUT2D eigenvalue weighted by molar-refractivity contribution is 7.88. The lowest BCUT2D eigenvalue weighted by atomic mass is 9.96. The van der Waals surface area contributed by atoms with Crippen LogP contribution in [0.5, 0.6) is 0 Å². The molecule has 30 heavy (non-hydrogen) atoms. The predicted octanol–water partition coefficient (Wildman–Crippen LogP) is 4.44. The third-order valence-corrected chi connectivity index (χ3v) is 5.66. The first-order valence-corrected chi connectivity index (χ1v) is 10.8. The number of hydrogen-bond donors (Lipinski definition) is 2. The number of alkyl halides is 3. The summed E-state index contributed by atoms with van der Waals surface area (Å²) in [6.07, 6.45) is -2.86. The summed E-state index contributed by atoms with van der Waals surface area (Å²) in [4.78, 5) is 12.2. The lowest BCUT2D eigenvalue weighted by Crippen LogP contribution is -2.25. The zero-order chi connectivity index (χ0) is 22.4. The molecule has 0 radical (unpaired) electrons. The summed E-state index contributed by atoms with van der Waals surface area (Å²) in [5.74, 6) is -0.761. The third-order valence-electron chi connectivity index (χ3n) is 4.34. The Hall–Kier alpha value is -2.65. The minimum absolute atomic E-state index is 0.0902. The first-order valence-electron chi connectivity index (χ1n) is 9.14. The number of carbonyl (C=O) groups is 1. The van der Waals surface area contributed by atoms with Crippen molar-refractivity contribution in [1.82, 2.24) is 4.72 Å². The van der Waals surface area contributed by atoms with Crippen molar-refractivity contribution >= 4 is 21.6 Å². The van der Waals surface area contributed by atoms with Gasteiger partial charge in [-0.2, -0.15) is 13.2 Å². The van der Waals surface area contributed by atoms with Gasteiger partial charge in [-0.05, 0) is 41.3 Å². The number of amides is 1. The molecule has 0 spiro atoms. The van der Waals surface area contributed by atoms with Crippen molar-refractivity contribution in [3.63, 3.8) is 0 Å². The number of rotatable bonds is 9. The summed E-state index contributed by atoms with van der Waals surface area (Å²) >= 11 is 0. The van der Waals surface area contributed by atoms with Gasteiger partial charge in [0.25, 0.3) is 0 Å². The van der Waals surface area contributed by atoms with Gasteiger partial charge >= 0.3 is 6.18 Å². The highest BCUT2D eigenvalue weighted by Crippen LogP contribution is 2.30. The second-order valence-corrected chi connectivity index (χ2v) is 8.67. The first kappa shape index (κ1) is 23.6. The van der Waals surface area contributed by atoms with E-state index in [0.29, 0.717) is 16.8 Å². The molecule has 0 saturated carbocycles. The molecule has 2 rings (SSSR count). The molecule has 162 valence electrons. The number of sulfonamides is 1. The van der Waals surface area contributed by atoms with Gasteiger partial charge in [0, 0.05) is 18.7 Å². The molecule has 0 fully saturated rings. The fourth-order valence-corrected chi connectivity index (χ4v) is 3.85. The Morgan fingerprint density at radius 2 is 1.70 bits per heavy atom. The molecule has 0 aromatic heterocycles. The second kappa shape index (κ2) is 9.90. The van der Waals surface area contributed by atoms with Crippen LogP contribution in [0.4, 0.5) is 18.9 Å². The quantitative estimate of drug-likeness (QED) is 0.566. The van der Waals surface area contributed by atoms with Gasteiger partial charge in [-0.3, -0.25) is 4.79 Å². The molecule has 0 aliphatic heterocycles. The number of anilines is 1. The maximum Gasteiger partial charge on any atom is 0.416 e. The van der Waals surface area contributed by atoms with Crippen LogP contribution in [0.25, 0.3) is 0 Å². The zero-order valence-corrected chi connectivity index (χ0v) is 17.2. The molecule has 2 N–H and O–H groups in total. The Morgan fingerprint density at radius 1 is 1.10 bits per heavy atom. The summed E-state index contributed by atoms with van der Waals surface area (Å²) in [5.41, 5.74) is 0.956. The molecule has 0 saturated heterocycles. The molecule has 0 heterocycles. The van der Waals surface area contributed by atoms with Crippen LogP contribution >= 0.6 is 0 Å². The van der Waals surface area contributed by atoms with Crippen LogP contribution in [0.3, 0.4) is 0 Å². The van der Waals surface area contributed by atoms with Crippen LogP contribution in [-0.2, 0) is 26.7 Å². The van der Waals surface area contributed by atoms with Crippen molar-refractivity contribution in [3.05, 3.63) is 77.9 Å². The summed E-state index contributed by atoms with van der Waals surface area (Å²) in [7, 11) is -3.47. The van der Waals surface area contributed by atoms with Gasteiger partial charge in [0.15, 0.2) is 0 Å². The van der Waals surface area contributed by atoms with Crippen LogP contribution in [0, 0.1) is 0 Å². The van der Waals surface area contributed by atoms with Crippen molar-refractivity contribution in [2.24, 2.45) is 0 Å². The summed E-state index contributed by atoms with van der Waals surface area (Å²) < 4.78 is 64.0. The average Bonchev–Trinajstić information content (AvgIpc) is 2.67. The highest BCUT2D eigenvalue weighted by Gasteiger charge is 2.30. The Morgan fingerprint density at radius 3 is 2.23 bits per heavy atom. The van der Waals surface area contributed by atoms with Crippen molar-refractivity contribution in [3.8, 4) is 0 Å². The van der Waals surface area contributed by atoms with Gasteiger partial charge in [-0.1, -0.05) is 37.3 Å². The van der Waals surface area contributed by atoms with Crippen molar-refractivity contribution in [2.75, 3.05) is 11.9 Å². The van der Waals surface area contributed by atoms with Gasteiger partial charge in [0.05, 0.1) is 11.3 Å². The van der Waals surface area contributed by atoms with Gasteiger partial charge in [0.1, 0.15) is 0 Å². The number of hydrogen-bond acceptors (Lipinski definition) is 3. The maximum absolute atomic E-state index is 12.6. The van der Waals surface area contributed by atoms with E-state index in [-0.39, 0.29) is 30.5 Å². The fraction of sp³-hybridized carbons (Fsp3) is 0.286. The van der Waals surface area contributed by atoms with E-state index < -0.39 is 21.8 Å². The van der Waals surface area contributed by atoms with Gasteiger partial charge < -0.3 is 5.32 Å². The van der Waals surface area contributed by atoms with E-state index in [4.69, 9.17) is 0 Å². The molecular formula is C21H23F3N2O3S. The van der Waals surface area contributed by atoms with Crippen LogP contribution in [-0.4, -0.2) is 20.9 Å². The molecule has 1 atom stereocenters. The lowest BCUT2D eigenvalue weighted by Gasteiger charge is -2.14. The number of carbonyl (C=O) groups excluding carboxylic acids is 1. The summed E-state index contributed by atoms with van der Waals surface area (Å²) in [5, 5.41) is 2.71. The Balaban J connectivity index is 1.92. The van der Waals surface area contributed by atoms with Crippen LogP contribution < -0.4 is 10.0 Å². The van der Waals surface area contributed by atoms with Crippen molar-refractivity contribution in [1.29, 1.82) is 0 Å². The first-order chi connectivity index (χ1) is 14.0. The van der Waals surface area contributed by atoms with Crippen LogP contribution in [0.15, 0.2) is 61.2 Å². The Kier molecular flexibility index (Phi) is 7.80. The van der Waals surface area contributed by atoms with Gasteiger partial charge in [0.2, 0.25) is 15.9 Å². The molecule has 0 aliphatic carbocycles. The largest absolute Gasteiger partial charge is 0.416 e. The van der Waals surface area contributed by atoms with Gasteiger partial charge in [-0.15, -0.1) is 6.58 Å². The third kappa shape index (κ3) is 7.31. The molecule has 0 bridgehead atoms. The van der Waals surface area contributed by atoms with E-state index in [1.165, 1.54) is 18.2 Å². The maximum atomic E-state index is 12.6. The highest BCUT2D eigenvalue weighted by atomic mass is 32.2. The monoisotopic (exact) mass is 440 g/mol. The van der Waals surface area contributed by atoms with E-state index >= 15 is 0 Å². The minimum Gasteiger partial charge on any atom is -0.326 e. The molecular weight excluding hydrogens is 417 g/mol. The van der Waals surface area contributed by atoms with Crippen molar-refractivity contribution < 1.29 is 26.4 Å². The predicted molar refractivity (Wildman–Crippen MR) is 110 cm³/mol. The Bertz CT molecular complexity index is 970. The van der Waals surface area contributed by atoms with E-state index in [9.17, 15) is 26.4 Å². The topological polar surface area (TPSA) is 75.3 Å². The summed E-state index contributed by atoms with van der Waals surface area (Å²) in [6.45, 7) is 5.35. The molecule has 1 amide bonds. The summed E-state index contributed by atoms with van der Waals surface area (Å²) in [6, 6.07) is 11.1. The van der Waals surface area contributed by atoms with E-state index in [0.717, 1.165) is 12.1 Å². The molecule has 1 unspecified atom stereocenters. The zero-order valence-electron chi connectivity index (χ0n) is 16.4. The SMILES string of the molecule is C=CCNS(=O)(=O)Cc1ccc(NC(=O)CC(C)c2ccc(C(F)(F)F)cc2)cc1. The smallest absolute Gasteiger partial charge is 0.326 e. The lowest BCUT2D eigenvalue weighted by molar-refractivity contribution is -0.137.